The molecule has 0 saturated heterocycles. The average Bonchev–Trinajstić information content (AvgIpc) is 2.27. The number of hydrogen-bond donors (Lipinski definition) is 1. The third kappa shape index (κ3) is 3.71. The Hall–Kier alpha value is -1.62. The first-order valence-corrected chi connectivity index (χ1v) is 5.46. The van der Waals surface area contributed by atoms with Crippen LogP contribution in [0.5, 0.6) is 0 Å². The number of rotatable bonds is 6. The molecule has 0 aliphatic carbocycles. The molecule has 0 saturated carbocycles. The Labute approximate surface area is 99.6 Å². The lowest BCUT2D eigenvalue weighted by atomic mass is 10.2. The number of carboxylic acid groups (broad SMARTS) is 1. The lowest BCUT2D eigenvalue weighted by Gasteiger charge is -2.11. The predicted octanol–water partition coefficient (Wildman–Crippen LogP) is 0.820. The van der Waals surface area contributed by atoms with Gasteiger partial charge >= 0.3 is 5.97 Å². The van der Waals surface area contributed by atoms with E-state index in [2.05, 4.69) is 0 Å². The van der Waals surface area contributed by atoms with Crippen LogP contribution in [-0.2, 0) is 22.5 Å². The minimum absolute atomic E-state index is 0.219. The van der Waals surface area contributed by atoms with Gasteiger partial charge in [0.05, 0.1) is 6.42 Å². The highest BCUT2D eigenvalue weighted by Crippen LogP contribution is 2.01. The number of pyridine rings is 1. The van der Waals surface area contributed by atoms with Gasteiger partial charge in [-0.15, -0.1) is 0 Å². The number of aliphatic carboxylic acids is 1. The van der Waals surface area contributed by atoms with Crippen LogP contribution in [0.4, 0.5) is 0 Å². The maximum atomic E-state index is 12.0. The summed E-state index contributed by atoms with van der Waals surface area (Å²) in [6, 6.07) is 3.35. The Balaban J connectivity index is 2.94. The Kier molecular flexibility index (Phi) is 4.90. The molecule has 0 aliphatic rings. The first-order valence-electron chi connectivity index (χ1n) is 5.46. The normalized spacial score (nSPS) is 10.5. The van der Waals surface area contributed by atoms with Crippen molar-refractivity contribution in [1.82, 2.24) is 4.57 Å². The van der Waals surface area contributed by atoms with E-state index >= 15 is 0 Å². The fourth-order valence-electron chi connectivity index (χ4n) is 1.66. The lowest BCUT2D eigenvalue weighted by molar-refractivity contribution is -0.136. The summed E-state index contributed by atoms with van der Waals surface area (Å²) < 4.78 is 6.52. The SMILES string of the molecule is COCCCn1c(C)ccc(CC(=O)O)c1=O. The summed E-state index contributed by atoms with van der Waals surface area (Å²) in [5.74, 6) is -0.991. The fraction of sp³-hybridized carbons (Fsp3) is 0.500. The second-order valence-electron chi connectivity index (χ2n) is 3.87. The van der Waals surface area contributed by atoms with E-state index in [1.807, 2.05) is 6.92 Å². The third-order valence-electron chi connectivity index (χ3n) is 2.54. The Morgan fingerprint density at radius 1 is 1.47 bits per heavy atom. The lowest BCUT2D eigenvalue weighted by Crippen LogP contribution is -2.27. The van der Waals surface area contributed by atoms with Crippen molar-refractivity contribution < 1.29 is 14.6 Å². The summed E-state index contributed by atoms with van der Waals surface area (Å²) in [7, 11) is 1.61. The molecular weight excluding hydrogens is 222 g/mol. The van der Waals surface area contributed by atoms with Crippen LogP contribution in [0.3, 0.4) is 0 Å². The van der Waals surface area contributed by atoms with Gasteiger partial charge in [0.2, 0.25) is 0 Å². The van der Waals surface area contributed by atoms with E-state index < -0.39 is 5.97 Å². The van der Waals surface area contributed by atoms with Crippen molar-refractivity contribution >= 4 is 5.97 Å². The van der Waals surface area contributed by atoms with E-state index in [4.69, 9.17) is 9.84 Å². The van der Waals surface area contributed by atoms with E-state index in [9.17, 15) is 9.59 Å². The zero-order valence-corrected chi connectivity index (χ0v) is 10.1. The number of methoxy groups -OCH3 is 1. The molecule has 1 rings (SSSR count). The van der Waals surface area contributed by atoms with Crippen LogP contribution in [0.1, 0.15) is 17.7 Å². The molecule has 0 atom stereocenters. The molecule has 0 unspecified atom stereocenters. The molecule has 0 aliphatic heterocycles. The smallest absolute Gasteiger partial charge is 0.308 e. The highest BCUT2D eigenvalue weighted by atomic mass is 16.5. The van der Waals surface area contributed by atoms with Crippen LogP contribution in [-0.4, -0.2) is 29.4 Å². The van der Waals surface area contributed by atoms with Gasteiger partial charge in [-0.25, -0.2) is 0 Å². The van der Waals surface area contributed by atoms with Crippen LogP contribution < -0.4 is 5.56 Å². The highest BCUT2D eigenvalue weighted by Gasteiger charge is 2.09. The second kappa shape index (κ2) is 6.20. The van der Waals surface area contributed by atoms with Crippen LogP contribution in [0.25, 0.3) is 0 Å². The topological polar surface area (TPSA) is 68.5 Å². The van der Waals surface area contributed by atoms with Crippen LogP contribution in [0, 0.1) is 6.92 Å². The van der Waals surface area contributed by atoms with Crippen molar-refractivity contribution in [3.05, 3.63) is 33.7 Å². The van der Waals surface area contributed by atoms with Gasteiger partial charge in [0.25, 0.3) is 5.56 Å². The van der Waals surface area contributed by atoms with E-state index in [1.54, 1.807) is 23.8 Å². The number of ether oxygens (including phenoxy) is 1. The summed E-state index contributed by atoms with van der Waals surface area (Å²) >= 11 is 0. The maximum Gasteiger partial charge on any atom is 0.308 e. The first-order chi connectivity index (χ1) is 8.06. The van der Waals surface area contributed by atoms with Gasteiger partial charge in [-0.05, 0) is 19.4 Å². The summed E-state index contributed by atoms with van der Waals surface area (Å²) in [5.41, 5.74) is 0.935. The van der Waals surface area contributed by atoms with Gasteiger partial charge < -0.3 is 14.4 Å². The Morgan fingerprint density at radius 3 is 2.76 bits per heavy atom. The molecule has 1 aromatic heterocycles. The quantitative estimate of drug-likeness (QED) is 0.746. The van der Waals surface area contributed by atoms with E-state index in [-0.39, 0.29) is 12.0 Å². The van der Waals surface area contributed by atoms with E-state index in [0.29, 0.717) is 18.7 Å². The van der Waals surface area contributed by atoms with Gasteiger partial charge in [0, 0.05) is 31.5 Å². The third-order valence-corrected chi connectivity index (χ3v) is 2.54. The zero-order valence-electron chi connectivity index (χ0n) is 10.1. The minimum atomic E-state index is -0.991. The zero-order chi connectivity index (χ0) is 12.8. The number of carboxylic acids is 1. The molecule has 5 heteroatoms. The van der Waals surface area contributed by atoms with Gasteiger partial charge in [-0.2, -0.15) is 0 Å². The highest BCUT2D eigenvalue weighted by molar-refractivity contribution is 5.69. The van der Waals surface area contributed by atoms with Gasteiger partial charge in [-0.3, -0.25) is 9.59 Å². The largest absolute Gasteiger partial charge is 0.481 e. The number of carbonyl (C=O) groups is 1. The molecule has 0 fully saturated rings. The standard InChI is InChI=1S/C12H17NO4/c1-9-4-5-10(8-11(14)15)12(16)13(9)6-3-7-17-2/h4-5H,3,6-8H2,1-2H3,(H,14,15). The molecule has 1 N–H and O–H groups in total. The Bertz CT molecular complexity index is 450. The van der Waals surface area contributed by atoms with Gasteiger partial charge in [-0.1, -0.05) is 6.07 Å². The molecule has 0 bridgehead atoms. The maximum absolute atomic E-state index is 12.0. The van der Waals surface area contributed by atoms with Gasteiger partial charge in [0.15, 0.2) is 0 Å². The molecule has 1 heterocycles. The molecule has 0 radical (unpaired) electrons. The predicted molar refractivity (Wildman–Crippen MR) is 63.3 cm³/mol. The number of aromatic nitrogens is 1. The molecular formula is C12H17NO4. The van der Waals surface area contributed by atoms with Crippen LogP contribution >= 0.6 is 0 Å². The average molecular weight is 239 g/mol. The molecule has 5 nitrogen and oxygen atoms in total. The van der Waals surface area contributed by atoms with Crippen molar-refractivity contribution in [1.29, 1.82) is 0 Å². The molecule has 0 aromatic carbocycles. The van der Waals surface area contributed by atoms with Crippen molar-refractivity contribution in [2.75, 3.05) is 13.7 Å². The molecule has 17 heavy (non-hydrogen) atoms. The van der Waals surface area contributed by atoms with E-state index in [1.165, 1.54) is 0 Å². The fourth-order valence-corrected chi connectivity index (χ4v) is 1.66. The number of aryl methyl sites for hydroxylation is 1. The minimum Gasteiger partial charge on any atom is -0.481 e. The monoisotopic (exact) mass is 239 g/mol. The summed E-state index contributed by atoms with van der Waals surface area (Å²) in [6.45, 7) is 2.96. The Morgan fingerprint density at radius 2 is 2.18 bits per heavy atom. The van der Waals surface area contributed by atoms with Crippen molar-refractivity contribution in [2.45, 2.75) is 26.3 Å². The number of hydrogen-bond acceptors (Lipinski definition) is 3. The number of nitrogens with zero attached hydrogens (tertiary/aromatic N) is 1. The van der Waals surface area contributed by atoms with Crippen LogP contribution in [0.15, 0.2) is 16.9 Å². The van der Waals surface area contributed by atoms with Crippen molar-refractivity contribution in [2.24, 2.45) is 0 Å². The second-order valence-corrected chi connectivity index (χ2v) is 3.87. The van der Waals surface area contributed by atoms with Crippen molar-refractivity contribution in [3.8, 4) is 0 Å². The summed E-state index contributed by atoms with van der Waals surface area (Å²) in [6.07, 6.45) is 0.497. The molecule has 0 spiro atoms. The molecule has 0 amide bonds. The van der Waals surface area contributed by atoms with Crippen molar-refractivity contribution in [3.63, 3.8) is 0 Å². The first kappa shape index (κ1) is 13.4. The van der Waals surface area contributed by atoms with E-state index in [0.717, 1.165) is 12.1 Å². The molecule has 94 valence electrons. The summed E-state index contributed by atoms with van der Waals surface area (Å²) in [4.78, 5) is 22.6. The van der Waals surface area contributed by atoms with Crippen LogP contribution in [0.2, 0.25) is 0 Å². The molecule has 1 aromatic rings. The van der Waals surface area contributed by atoms with Gasteiger partial charge in [0.1, 0.15) is 0 Å². The summed E-state index contributed by atoms with van der Waals surface area (Å²) in [5, 5.41) is 8.70.